The van der Waals surface area contributed by atoms with Crippen molar-refractivity contribution in [3.05, 3.63) is 77.2 Å². The molecule has 0 fully saturated rings. The molecule has 0 aliphatic heterocycles. The number of halogens is 1. The minimum Gasteiger partial charge on any atom is -0.481 e. The number of pyridine rings is 1. The number of carbonyl (C=O) groups is 2. The molecule has 3 rings (SSSR count). The van der Waals surface area contributed by atoms with Crippen LogP contribution in [0, 0.1) is 11.7 Å². The number of nitrogens with zero attached hydrogens (tertiary/aromatic N) is 2. The normalized spacial score (nSPS) is 12.1. The summed E-state index contributed by atoms with van der Waals surface area (Å²) in [6, 6.07) is 14.2. The Balaban J connectivity index is 1.96. The molecule has 0 saturated carbocycles. The molecule has 8 heteroatoms. The molecule has 0 N–H and O–H groups in total. The van der Waals surface area contributed by atoms with Gasteiger partial charge in [-0.15, -0.1) is 0 Å². The zero-order chi connectivity index (χ0) is 28.7. The molecule has 1 heterocycles. The van der Waals surface area contributed by atoms with Crippen LogP contribution in [0.4, 0.5) is 4.39 Å². The molecule has 2 aromatic carbocycles. The Morgan fingerprint density at radius 3 is 2.31 bits per heavy atom. The van der Waals surface area contributed by atoms with Crippen LogP contribution in [0.5, 0.6) is 11.6 Å². The van der Waals surface area contributed by atoms with Gasteiger partial charge in [-0.05, 0) is 75.1 Å². The maximum Gasteiger partial charge on any atom is 0.343 e. The molecule has 0 aliphatic rings. The summed E-state index contributed by atoms with van der Waals surface area (Å²) in [4.78, 5) is 31.2. The molecular formula is C31H37FN2O5. The highest BCUT2D eigenvalue weighted by Crippen LogP contribution is 2.31. The number of rotatable bonds is 11. The van der Waals surface area contributed by atoms with Crippen molar-refractivity contribution in [2.45, 2.75) is 59.7 Å². The van der Waals surface area contributed by atoms with Crippen LogP contribution in [-0.2, 0) is 22.5 Å². The fourth-order valence-corrected chi connectivity index (χ4v) is 4.55. The van der Waals surface area contributed by atoms with Crippen molar-refractivity contribution in [3.8, 4) is 22.8 Å². The van der Waals surface area contributed by atoms with Crippen molar-refractivity contribution in [3.63, 3.8) is 0 Å². The third kappa shape index (κ3) is 7.63. The largest absolute Gasteiger partial charge is 0.481 e. The second kappa shape index (κ2) is 13.3. The summed E-state index contributed by atoms with van der Waals surface area (Å²) in [6.07, 6.45) is 1.59. The van der Waals surface area contributed by atoms with Crippen molar-refractivity contribution >= 4 is 11.9 Å². The summed E-state index contributed by atoms with van der Waals surface area (Å²) in [5, 5.41) is 0. The minimum absolute atomic E-state index is 0.223. The van der Waals surface area contributed by atoms with E-state index in [1.54, 1.807) is 49.4 Å². The molecule has 39 heavy (non-hydrogen) atoms. The smallest absolute Gasteiger partial charge is 0.343 e. The summed E-state index contributed by atoms with van der Waals surface area (Å²) in [6.45, 7) is 10.7. The first-order valence-corrected chi connectivity index (χ1v) is 13.0. The van der Waals surface area contributed by atoms with Crippen LogP contribution in [0.25, 0.3) is 11.1 Å². The van der Waals surface area contributed by atoms with Gasteiger partial charge in [-0.2, -0.15) is 0 Å². The highest BCUT2D eigenvalue weighted by molar-refractivity contribution is 5.92. The van der Waals surface area contributed by atoms with E-state index >= 15 is 0 Å². The van der Waals surface area contributed by atoms with E-state index in [9.17, 15) is 14.0 Å². The summed E-state index contributed by atoms with van der Waals surface area (Å²) in [5.74, 6) is -0.971. The molecule has 1 unspecified atom stereocenters. The fraction of sp³-hybridized carbons (Fsp3) is 0.387. The molecule has 208 valence electrons. The van der Waals surface area contributed by atoms with Gasteiger partial charge in [0.1, 0.15) is 11.6 Å². The zero-order valence-corrected chi connectivity index (χ0v) is 23.7. The summed E-state index contributed by atoms with van der Waals surface area (Å²) in [7, 11) is 2.84. The van der Waals surface area contributed by atoms with Gasteiger partial charge in [-0.1, -0.05) is 25.1 Å². The second-order valence-corrected chi connectivity index (χ2v) is 10.1. The van der Waals surface area contributed by atoms with E-state index in [1.165, 1.54) is 14.2 Å². The molecule has 0 bridgehead atoms. The molecule has 1 aromatic heterocycles. The lowest BCUT2D eigenvalue weighted by Crippen LogP contribution is -2.36. The predicted molar refractivity (Wildman–Crippen MR) is 148 cm³/mol. The van der Waals surface area contributed by atoms with Crippen LogP contribution in [-0.4, -0.2) is 48.1 Å². The molecule has 3 aromatic rings. The number of carbonyl (C=O) groups excluding carboxylic acids is 2. The zero-order valence-electron chi connectivity index (χ0n) is 23.7. The monoisotopic (exact) mass is 536 g/mol. The molecule has 7 nitrogen and oxygen atoms in total. The van der Waals surface area contributed by atoms with Crippen molar-refractivity contribution in [2.75, 3.05) is 14.2 Å². The lowest BCUT2D eigenvalue weighted by Gasteiger charge is -2.31. The second-order valence-electron chi connectivity index (χ2n) is 10.1. The maximum atomic E-state index is 14.9. The van der Waals surface area contributed by atoms with Crippen molar-refractivity contribution in [2.24, 2.45) is 5.92 Å². The Morgan fingerprint density at radius 2 is 1.67 bits per heavy atom. The highest BCUT2D eigenvalue weighted by Gasteiger charge is 2.21. The first kappa shape index (κ1) is 29.8. The average Bonchev–Trinajstić information content (AvgIpc) is 2.91. The molecular weight excluding hydrogens is 499 g/mol. The van der Waals surface area contributed by atoms with Crippen LogP contribution in [0.15, 0.2) is 54.7 Å². The Hall–Kier alpha value is -3.78. The highest BCUT2D eigenvalue weighted by atomic mass is 19.1. The molecule has 0 spiro atoms. The lowest BCUT2D eigenvalue weighted by atomic mass is 9.96. The van der Waals surface area contributed by atoms with Gasteiger partial charge < -0.3 is 14.2 Å². The Kier molecular flexibility index (Phi) is 10.2. The SMILES string of the molecule is COC(=O)C(C)Cc1cccc(OC(=O)c2ccc(-c3cc(OC)ncc3F)c(CN(C(C)C)C(C)C)c2)c1. The van der Waals surface area contributed by atoms with Gasteiger partial charge >= 0.3 is 11.9 Å². The van der Waals surface area contributed by atoms with Gasteiger partial charge in [0.05, 0.1) is 31.9 Å². The molecule has 0 aliphatic carbocycles. The number of benzene rings is 2. The van der Waals surface area contributed by atoms with Crippen molar-refractivity contribution < 1.29 is 28.2 Å². The third-order valence-corrected chi connectivity index (χ3v) is 6.60. The number of hydrogen-bond donors (Lipinski definition) is 0. The Bertz CT molecular complexity index is 1300. The van der Waals surface area contributed by atoms with Gasteiger partial charge in [0.25, 0.3) is 0 Å². The van der Waals surface area contributed by atoms with E-state index in [-0.39, 0.29) is 24.0 Å². The van der Waals surface area contributed by atoms with E-state index < -0.39 is 11.8 Å². The van der Waals surface area contributed by atoms with Gasteiger partial charge in [0.15, 0.2) is 0 Å². The molecule has 0 amide bonds. The van der Waals surface area contributed by atoms with E-state index in [4.69, 9.17) is 14.2 Å². The molecule has 0 radical (unpaired) electrons. The van der Waals surface area contributed by atoms with Gasteiger partial charge in [-0.25, -0.2) is 14.2 Å². The number of ether oxygens (including phenoxy) is 3. The van der Waals surface area contributed by atoms with Crippen molar-refractivity contribution in [1.29, 1.82) is 0 Å². The fourth-order valence-electron chi connectivity index (χ4n) is 4.55. The van der Waals surface area contributed by atoms with E-state index in [0.717, 1.165) is 17.3 Å². The van der Waals surface area contributed by atoms with Crippen LogP contribution in [0.1, 0.15) is 56.1 Å². The van der Waals surface area contributed by atoms with Gasteiger partial charge in [-0.3, -0.25) is 9.69 Å². The van der Waals surface area contributed by atoms with E-state index in [2.05, 4.69) is 37.6 Å². The van der Waals surface area contributed by atoms with Gasteiger partial charge in [0, 0.05) is 30.3 Å². The van der Waals surface area contributed by atoms with Crippen LogP contribution in [0.2, 0.25) is 0 Å². The number of aromatic nitrogens is 1. The summed E-state index contributed by atoms with van der Waals surface area (Å²) < 4.78 is 30.6. The van der Waals surface area contributed by atoms with E-state index in [1.807, 2.05) is 6.07 Å². The number of esters is 2. The first-order valence-electron chi connectivity index (χ1n) is 13.0. The van der Waals surface area contributed by atoms with Crippen LogP contribution < -0.4 is 9.47 Å². The molecule has 0 saturated heterocycles. The quantitative estimate of drug-likeness (QED) is 0.217. The standard InChI is InChI=1S/C31H37FN2O5/c1-19(2)34(20(3)4)18-24-15-23(11-12-26(24)27-16-29(37-6)33-17-28(27)32)31(36)39-25-10-8-9-22(14-25)13-21(5)30(35)38-7/h8-12,14-17,19-21H,13,18H2,1-7H3. The minimum atomic E-state index is -0.533. The third-order valence-electron chi connectivity index (χ3n) is 6.60. The van der Waals surface area contributed by atoms with Crippen molar-refractivity contribution in [1.82, 2.24) is 9.88 Å². The number of hydrogen-bond acceptors (Lipinski definition) is 7. The van der Waals surface area contributed by atoms with Crippen LogP contribution in [0.3, 0.4) is 0 Å². The van der Waals surface area contributed by atoms with Crippen LogP contribution >= 0.6 is 0 Å². The Labute approximate surface area is 229 Å². The summed E-state index contributed by atoms with van der Waals surface area (Å²) >= 11 is 0. The topological polar surface area (TPSA) is 78.0 Å². The van der Waals surface area contributed by atoms with Gasteiger partial charge in [0.2, 0.25) is 5.88 Å². The summed E-state index contributed by atoms with van der Waals surface area (Å²) in [5.41, 5.74) is 2.96. The number of methoxy groups -OCH3 is 2. The van der Waals surface area contributed by atoms with E-state index in [0.29, 0.717) is 41.3 Å². The lowest BCUT2D eigenvalue weighted by molar-refractivity contribution is -0.144. The maximum absolute atomic E-state index is 14.9. The average molecular weight is 537 g/mol. The Morgan fingerprint density at radius 1 is 0.949 bits per heavy atom. The molecule has 1 atom stereocenters. The first-order chi connectivity index (χ1) is 18.5. The predicted octanol–water partition coefficient (Wildman–Crippen LogP) is 6.09.